The first-order valence-corrected chi connectivity index (χ1v) is 12.8. The van der Waals surface area contributed by atoms with Crippen molar-refractivity contribution in [2.45, 2.75) is 37.7 Å². The summed E-state index contributed by atoms with van der Waals surface area (Å²) in [4.78, 5) is 16.6. The molecule has 5 rings (SSSR count). The Balaban J connectivity index is 1.42. The van der Waals surface area contributed by atoms with Crippen LogP contribution in [-0.2, 0) is 4.79 Å². The lowest BCUT2D eigenvalue weighted by Crippen LogP contribution is -2.47. The Morgan fingerprint density at radius 1 is 1.19 bits per heavy atom. The Bertz CT molecular complexity index is 1280. The summed E-state index contributed by atoms with van der Waals surface area (Å²) in [5.74, 6) is -1.94. The molecule has 1 saturated carbocycles. The van der Waals surface area contributed by atoms with Crippen LogP contribution in [0.15, 0.2) is 48.7 Å². The number of aliphatic hydroxyl groups excluding tert-OH is 1. The van der Waals surface area contributed by atoms with Gasteiger partial charge in [-0.25, -0.2) is 8.78 Å². The number of aliphatic hydroxyl groups is 1. The highest BCUT2D eigenvalue weighted by Crippen LogP contribution is 2.52. The number of methoxy groups -OCH3 is 1. The minimum atomic E-state index is -0.837. The van der Waals surface area contributed by atoms with Crippen LogP contribution >= 0.6 is 0 Å². The molecule has 3 N–H and O–H groups in total. The van der Waals surface area contributed by atoms with Gasteiger partial charge in [0, 0.05) is 24.2 Å². The molecule has 0 radical (unpaired) electrons. The Morgan fingerprint density at radius 2 is 2.00 bits per heavy atom. The maximum Gasteiger partial charge on any atom is 0.308 e. The van der Waals surface area contributed by atoms with Crippen LogP contribution in [-0.4, -0.2) is 41.4 Å². The number of halogens is 2. The van der Waals surface area contributed by atoms with Crippen molar-refractivity contribution in [2.75, 3.05) is 20.2 Å². The number of aliphatic carboxylic acids is 1. The number of benzene rings is 2. The number of carboxylic acid groups (broad SMARTS) is 1. The third kappa shape index (κ3) is 5.18. The second kappa shape index (κ2) is 10.7. The summed E-state index contributed by atoms with van der Waals surface area (Å²) < 4.78 is 33.2. The molecule has 6 nitrogen and oxygen atoms in total. The van der Waals surface area contributed by atoms with E-state index >= 15 is 0 Å². The summed E-state index contributed by atoms with van der Waals surface area (Å²) in [6, 6.07) is 11.0. The zero-order valence-electron chi connectivity index (χ0n) is 20.7. The van der Waals surface area contributed by atoms with Gasteiger partial charge in [0.05, 0.1) is 24.6 Å². The molecule has 2 heterocycles. The smallest absolute Gasteiger partial charge is 0.308 e. The predicted octanol–water partition coefficient (Wildman–Crippen LogP) is 5.07. The number of hydrogen-bond donors (Lipinski definition) is 3. The van der Waals surface area contributed by atoms with Gasteiger partial charge in [-0.05, 0) is 97.4 Å². The minimum Gasteiger partial charge on any atom is -0.497 e. The summed E-state index contributed by atoms with van der Waals surface area (Å²) in [6.07, 6.45) is 3.30. The SMILES string of the molecule is COc1ccc2nccc([C@H](O)C[C@H](C3CC(c4ccc(F)cc4F)C3)C3CCNCC3C(=O)O)c2c1. The Labute approximate surface area is 214 Å². The van der Waals surface area contributed by atoms with Crippen molar-refractivity contribution in [3.8, 4) is 5.75 Å². The number of nitrogens with one attached hydrogen (secondary N) is 1. The topological polar surface area (TPSA) is 91.7 Å². The molecule has 1 aliphatic heterocycles. The van der Waals surface area contributed by atoms with Crippen LogP contribution in [0.1, 0.15) is 48.8 Å². The maximum atomic E-state index is 14.4. The number of piperidine rings is 1. The second-order valence-electron chi connectivity index (χ2n) is 10.4. The minimum absolute atomic E-state index is 0.0405. The van der Waals surface area contributed by atoms with E-state index in [1.165, 1.54) is 12.1 Å². The van der Waals surface area contributed by atoms with Gasteiger partial charge in [0.2, 0.25) is 0 Å². The van der Waals surface area contributed by atoms with Crippen molar-refractivity contribution in [2.24, 2.45) is 23.7 Å². The van der Waals surface area contributed by atoms with Gasteiger partial charge in [0.1, 0.15) is 17.4 Å². The fourth-order valence-electron chi connectivity index (χ4n) is 6.43. The molecule has 0 amide bonds. The van der Waals surface area contributed by atoms with E-state index in [2.05, 4.69) is 10.3 Å². The molecule has 2 fully saturated rings. The number of aromatic nitrogens is 1. The molecular formula is C29H32F2N2O4. The predicted molar refractivity (Wildman–Crippen MR) is 135 cm³/mol. The standard InChI is InChI=1S/C29H32F2N2O4/c1-37-19-3-5-27-24(13-19)22(7-9-33-27)28(34)14-23(21-6-8-32-15-25(21)29(35)36)17-10-16(11-17)20-4-2-18(30)12-26(20)31/h2-5,7,9,12-13,16-17,21,23,25,28,32,34H,6,8,10-11,14-15H2,1H3,(H,35,36)/t16?,17?,21?,23-,25?,28-/m1/s1. The number of carboxylic acids is 1. The first-order valence-electron chi connectivity index (χ1n) is 12.8. The molecule has 196 valence electrons. The van der Waals surface area contributed by atoms with Gasteiger partial charge in [-0.15, -0.1) is 0 Å². The fourth-order valence-corrected chi connectivity index (χ4v) is 6.43. The van der Waals surface area contributed by atoms with Crippen molar-refractivity contribution in [1.82, 2.24) is 10.3 Å². The van der Waals surface area contributed by atoms with E-state index in [1.54, 1.807) is 19.4 Å². The molecule has 4 atom stereocenters. The highest BCUT2D eigenvalue weighted by Gasteiger charge is 2.45. The average Bonchev–Trinajstić information content (AvgIpc) is 2.87. The first kappa shape index (κ1) is 25.5. The van der Waals surface area contributed by atoms with Crippen LogP contribution in [0.5, 0.6) is 5.75 Å². The molecule has 2 aromatic carbocycles. The fraction of sp³-hybridized carbons (Fsp3) is 0.448. The molecule has 0 spiro atoms. The summed E-state index contributed by atoms with van der Waals surface area (Å²) >= 11 is 0. The van der Waals surface area contributed by atoms with Crippen LogP contribution in [0, 0.1) is 35.3 Å². The summed E-state index contributed by atoms with van der Waals surface area (Å²) in [6.45, 7) is 1.11. The van der Waals surface area contributed by atoms with Crippen molar-refractivity contribution < 1.29 is 28.5 Å². The second-order valence-corrected chi connectivity index (χ2v) is 10.4. The molecule has 1 aliphatic carbocycles. The molecule has 3 aromatic rings. The lowest BCUT2D eigenvalue weighted by atomic mass is 9.59. The van der Waals surface area contributed by atoms with E-state index in [-0.39, 0.29) is 23.7 Å². The van der Waals surface area contributed by atoms with Gasteiger partial charge in [-0.2, -0.15) is 0 Å². The summed E-state index contributed by atoms with van der Waals surface area (Å²) in [5, 5.41) is 25.5. The Kier molecular flexibility index (Phi) is 7.40. The summed E-state index contributed by atoms with van der Waals surface area (Å²) in [5.41, 5.74) is 1.98. The lowest BCUT2D eigenvalue weighted by molar-refractivity contribution is -0.146. The van der Waals surface area contributed by atoms with Crippen molar-refractivity contribution >= 4 is 16.9 Å². The normalized spacial score (nSPS) is 25.3. The number of pyridine rings is 1. The first-order chi connectivity index (χ1) is 17.9. The Morgan fingerprint density at radius 3 is 2.73 bits per heavy atom. The van der Waals surface area contributed by atoms with E-state index in [9.17, 15) is 23.8 Å². The zero-order chi connectivity index (χ0) is 26.1. The van der Waals surface area contributed by atoms with Crippen molar-refractivity contribution in [3.63, 3.8) is 0 Å². The number of carbonyl (C=O) groups is 1. The number of ether oxygens (including phenoxy) is 1. The zero-order valence-corrected chi connectivity index (χ0v) is 20.7. The lowest BCUT2D eigenvalue weighted by Gasteiger charge is -2.47. The number of nitrogens with zero attached hydrogens (tertiary/aromatic N) is 1. The molecule has 8 heteroatoms. The molecule has 2 aliphatic rings. The van der Waals surface area contributed by atoms with Gasteiger partial charge in [0.15, 0.2) is 0 Å². The van der Waals surface area contributed by atoms with E-state index in [1.807, 2.05) is 18.2 Å². The molecular weight excluding hydrogens is 478 g/mol. The average molecular weight is 511 g/mol. The molecule has 1 saturated heterocycles. The Hall–Kier alpha value is -3.10. The largest absolute Gasteiger partial charge is 0.497 e. The maximum absolute atomic E-state index is 14.4. The highest BCUT2D eigenvalue weighted by molar-refractivity contribution is 5.83. The third-order valence-electron chi connectivity index (χ3n) is 8.42. The van der Waals surface area contributed by atoms with Crippen LogP contribution < -0.4 is 10.1 Å². The quantitative estimate of drug-likeness (QED) is 0.392. The van der Waals surface area contributed by atoms with E-state index < -0.39 is 29.6 Å². The molecule has 0 bridgehead atoms. The monoisotopic (exact) mass is 510 g/mol. The van der Waals surface area contributed by atoms with Crippen molar-refractivity contribution in [1.29, 1.82) is 0 Å². The van der Waals surface area contributed by atoms with Gasteiger partial charge >= 0.3 is 5.97 Å². The third-order valence-corrected chi connectivity index (χ3v) is 8.42. The van der Waals surface area contributed by atoms with Gasteiger partial charge in [-0.3, -0.25) is 9.78 Å². The van der Waals surface area contributed by atoms with Crippen LogP contribution in [0.25, 0.3) is 10.9 Å². The molecule has 2 unspecified atom stereocenters. The van der Waals surface area contributed by atoms with E-state index in [0.717, 1.165) is 29.1 Å². The molecule has 37 heavy (non-hydrogen) atoms. The van der Waals surface area contributed by atoms with Gasteiger partial charge < -0.3 is 20.3 Å². The van der Waals surface area contributed by atoms with Gasteiger partial charge in [0.25, 0.3) is 0 Å². The highest BCUT2D eigenvalue weighted by atomic mass is 19.1. The number of fused-ring (bicyclic) bond motifs is 1. The van der Waals surface area contributed by atoms with Gasteiger partial charge in [-0.1, -0.05) is 6.07 Å². The van der Waals surface area contributed by atoms with Crippen LogP contribution in [0.2, 0.25) is 0 Å². The van der Waals surface area contributed by atoms with Crippen molar-refractivity contribution in [3.05, 3.63) is 71.4 Å². The van der Waals surface area contributed by atoms with E-state index in [4.69, 9.17) is 4.74 Å². The number of rotatable bonds is 8. The molecule has 1 aromatic heterocycles. The summed E-state index contributed by atoms with van der Waals surface area (Å²) in [7, 11) is 1.59. The van der Waals surface area contributed by atoms with Crippen LogP contribution in [0.4, 0.5) is 8.78 Å². The number of hydrogen-bond acceptors (Lipinski definition) is 5. The van der Waals surface area contributed by atoms with Crippen LogP contribution in [0.3, 0.4) is 0 Å². The van der Waals surface area contributed by atoms with E-state index in [0.29, 0.717) is 43.5 Å².